The maximum atomic E-state index is 11.7. The fraction of sp³-hybridized carbons (Fsp3) is 0.231. The van der Waals surface area contributed by atoms with Gasteiger partial charge in [0.05, 0.1) is 18.3 Å². The maximum Gasteiger partial charge on any atom is 0.416 e. The highest BCUT2D eigenvalue weighted by Gasteiger charge is 2.35. The second-order valence-corrected chi connectivity index (χ2v) is 6.06. The van der Waals surface area contributed by atoms with Gasteiger partial charge in [-0.15, -0.1) is 11.3 Å². The van der Waals surface area contributed by atoms with E-state index < -0.39 is 6.09 Å². The van der Waals surface area contributed by atoms with E-state index in [4.69, 9.17) is 4.74 Å². The molecule has 7 heteroatoms. The molecule has 0 unspecified atom stereocenters. The Balaban J connectivity index is 1.90. The average Bonchev–Trinajstić information content (AvgIpc) is 3.05. The van der Waals surface area contributed by atoms with E-state index in [-0.39, 0.29) is 19.3 Å². The summed E-state index contributed by atoms with van der Waals surface area (Å²) in [5.41, 5.74) is 1.78. The van der Waals surface area contributed by atoms with Gasteiger partial charge in [-0.3, -0.25) is 0 Å². The van der Waals surface area contributed by atoms with E-state index in [1.165, 1.54) is 16.2 Å². The van der Waals surface area contributed by atoms with Gasteiger partial charge in [0.2, 0.25) is 0 Å². The van der Waals surface area contributed by atoms with Gasteiger partial charge >= 0.3 is 6.09 Å². The van der Waals surface area contributed by atoms with Crippen molar-refractivity contribution in [2.45, 2.75) is 6.04 Å². The quantitative estimate of drug-likeness (QED) is 0.920. The van der Waals surface area contributed by atoms with Crippen molar-refractivity contribution in [3.63, 3.8) is 0 Å². The smallest absolute Gasteiger partial charge is 0.416 e. The third-order valence-electron chi connectivity index (χ3n) is 3.01. The summed E-state index contributed by atoms with van der Waals surface area (Å²) in [4.78, 5) is 17.6. The van der Waals surface area contributed by atoms with Crippen molar-refractivity contribution in [1.29, 1.82) is 0 Å². The first kappa shape index (κ1) is 13.5. The minimum Gasteiger partial charge on any atom is -0.447 e. The Hall–Kier alpha value is -1.44. The van der Waals surface area contributed by atoms with E-state index in [1.54, 1.807) is 0 Å². The lowest BCUT2D eigenvalue weighted by molar-refractivity contribution is 0.174. The summed E-state index contributed by atoms with van der Waals surface area (Å²) in [6, 6.07) is 7.43. The molecule has 1 aromatic heterocycles. The van der Waals surface area contributed by atoms with Crippen LogP contribution in [0.15, 0.2) is 34.1 Å². The fourth-order valence-electron chi connectivity index (χ4n) is 1.96. The standard InChI is InChI=1S/C13H11BrN2O3S/c14-9-3-1-8(2-4-9)11-7-20-12(15-11)16-10(5-17)6-19-13(16)18/h1-4,7,10,17H,5-6H2/t10-/m1/s1. The van der Waals surface area contributed by atoms with Crippen LogP contribution in [0.4, 0.5) is 9.93 Å². The minimum atomic E-state index is -0.458. The lowest BCUT2D eigenvalue weighted by Gasteiger charge is -2.15. The van der Waals surface area contributed by atoms with Crippen LogP contribution in [-0.4, -0.2) is 35.4 Å². The molecule has 1 N–H and O–H groups in total. The second kappa shape index (κ2) is 5.51. The molecule has 0 bridgehead atoms. The molecule has 1 aromatic carbocycles. The van der Waals surface area contributed by atoms with Crippen LogP contribution in [0.25, 0.3) is 11.3 Å². The molecular formula is C13H11BrN2O3S. The Bertz CT molecular complexity index is 629. The number of aliphatic hydroxyl groups excluding tert-OH is 1. The molecule has 5 nitrogen and oxygen atoms in total. The number of nitrogens with zero attached hydrogens (tertiary/aromatic N) is 2. The molecule has 2 heterocycles. The Morgan fingerprint density at radius 1 is 1.45 bits per heavy atom. The van der Waals surface area contributed by atoms with Crippen LogP contribution in [-0.2, 0) is 4.74 Å². The number of aromatic nitrogens is 1. The molecular weight excluding hydrogens is 344 g/mol. The molecule has 1 amide bonds. The number of ether oxygens (including phenoxy) is 1. The number of carbonyl (C=O) groups excluding carboxylic acids is 1. The summed E-state index contributed by atoms with van der Waals surface area (Å²) >= 11 is 4.75. The van der Waals surface area contributed by atoms with Crippen LogP contribution in [0.2, 0.25) is 0 Å². The molecule has 0 saturated carbocycles. The number of aliphatic hydroxyl groups is 1. The highest BCUT2D eigenvalue weighted by molar-refractivity contribution is 9.10. The van der Waals surface area contributed by atoms with Crippen LogP contribution < -0.4 is 4.90 Å². The highest BCUT2D eigenvalue weighted by atomic mass is 79.9. The molecule has 1 aliphatic rings. The molecule has 3 rings (SSSR count). The van der Waals surface area contributed by atoms with Gasteiger partial charge in [0.15, 0.2) is 5.13 Å². The zero-order valence-electron chi connectivity index (χ0n) is 10.3. The number of hydrogen-bond donors (Lipinski definition) is 1. The normalized spacial score (nSPS) is 18.4. The summed E-state index contributed by atoms with van der Waals surface area (Å²) in [6.45, 7) is 0.0570. The predicted molar refractivity (Wildman–Crippen MR) is 80.0 cm³/mol. The topological polar surface area (TPSA) is 62.7 Å². The summed E-state index contributed by atoms with van der Waals surface area (Å²) in [5, 5.41) is 11.7. The number of thiazole rings is 1. The number of cyclic esters (lactones) is 1. The fourth-order valence-corrected chi connectivity index (χ4v) is 3.12. The molecule has 1 aliphatic heterocycles. The van der Waals surface area contributed by atoms with Crippen molar-refractivity contribution < 1.29 is 14.6 Å². The number of carbonyl (C=O) groups is 1. The van der Waals surface area contributed by atoms with Crippen molar-refractivity contribution in [3.8, 4) is 11.3 Å². The number of halogens is 1. The molecule has 1 atom stereocenters. The zero-order chi connectivity index (χ0) is 14.1. The minimum absolute atomic E-state index is 0.140. The van der Waals surface area contributed by atoms with Crippen LogP contribution >= 0.6 is 27.3 Å². The van der Waals surface area contributed by atoms with Crippen LogP contribution in [0, 0.1) is 0 Å². The highest BCUT2D eigenvalue weighted by Crippen LogP contribution is 2.31. The SMILES string of the molecule is O=C1OC[C@@H](CO)N1c1nc(-c2ccc(Br)cc2)cs1. The Labute approximate surface area is 127 Å². The Morgan fingerprint density at radius 2 is 2.20 bits per heavy atom. The predicted octanol–water partition coefficient (Wildman–Crippen LogP) is 2.89. The van der Waals surface area contributed by atoms with Crippen molar-refractivity contribution in [3.05, 3.63) is 34.1 Å². The van der Waals surface area contributed by atoms with Crippen LogP contribution in [0.1, 0.15) is 0 Å². The third-order valence-corrected chi connectivity index (χ3v) is 4.38. The summed E-state index contributed by atoms with van der Waals surface area (Å²) in [6.07, 6.45) is -0.458. The van der Waals surface area contributed by atoms with Gasteiger partial charge < -0.3 is 9.84 Å². The number of benzene rings is 1. The largest absolute Gasteiger partial charge is 0.447 e. The molecule has 1 saturated heterocycles. The van der Waals surface area contributed by atoms with E-state index in [0.717, 1.165) is 15.7 Å². The van der Waals surface area contributed by atoms with Gasteiger partial charge in [-0.25, -0.2) is 14.7 Å². The Kier molecular flexibility index (Phi) is 3.73. The molecule has 0 radical (unpaired) electrons. The maximum absolute atomic E-state index is 11.7. The lowest BCUT2D eigenvalue weighted by Crippen LogP contribution is -2.35. The van der Waals surface area contributed by atoms with Crippen molar-refractivity contribution in [2.75, 3.05) is 18.1 Å². The third kappa shape index (κ3) is 2.44. The van der Waals surface area contributed by atoms with E-state index in [2.05, 4.69) is 20.9 Å². The summed E-state index contributed by atoms with van der Waals surface area (Å²) in [7, 11) is 0. The summed E-state index contributed by atoms with van der Waals surface area (Å²) < 4.78 is 5.94. The first-order chi connectivity index (χ1) is 9.69. The van der Waals surface area contributed by atoms with Gasteiger partial charge in [-0.1, -0.05) is 28.1 Å². The first-order valence-corrected chi connectivity index (χ1v) is 7.64. The van der Waals surface area contributed by atoms with E-state index in [9.17, 15) is 9.90 Å². The number of hydrogen-bond acceptors (Lipinski definition) is 5. The van der Waals surface area contributed by atoms with Crippen molar-refractivity contribution >= 4 is 38.5 Å². The van der Waals surface area contributed by atoms with Crippen LogP contribution in [0.5, 0.6) is 0 Å². The monoisotopic (exact) mass is 354 g/mol. The summed E-state index contributed by atoms with van der Waals surface area (Å²) in [5.74, 6) is 0. The second-order valence-electron chi connectivity index (χ2n) is 4.31. The van der Waals surface area contributed by atoms with Crippen molar-refractivity contribution in [1.82, 2.24) is 4.98 Å². The average molecular weight is 355 g/mol. The van der Waals surface area contributed by atoms with Gasteiger partial charge in [0.25, 0.3) is 0 Å². The van der Waals surface area contributed by atoms with Gasteiger partial charge in [0.1, 0.15) is 6.61 Å². The molecule has 104 valence electrons. The molecule has 0 aliphatic carbocycles. The Morgan fingerprint density at radius 3 is 2.90 bits per heavy atom. The number of rotatable bonds is 3. The zero-order valence-corrected chi connectivity index (χ0v) is 12.7. The lowest BCUT2D eigenvalue weighted by atomic mass is 10.2. The molecule has 2 aromatic rings. The van der Waals surface area contributed by atoms with E-state index in [0.29, 0.717) is 5.13 Å². The van der Waals surface area contributed by atoms with Gasteiger partial charge in [-0.05, 0) is 12.1 Å². The molecule has 0 spiro atoms. The first-order valence-electron chi connectivity index (χ1n) is 5.97. The molecule has 1 fully saturated rings. The van der Waals surface area contributed by atoms with Crippen LogP contribution in [0.3, 0.4) is 0 Å². The van der Waals surface area contributed by atoms with E-state index in [1.807, 2.05) is 29.6 Å². The number of anilines is 1. The molecule has 20 heavy (non-hydrogen) atoms. The van der Waals surface area contributed by atoms with E-state index >= 15 is 0 Å². The van der Waals surface area contributed by atoms with Gasteiger partial charge in [0, 0.05) is 15.4 Å². The number of amides is 1. The van der Waals surface area contributed by atoms with Crippen molar-refractivity contribution in [2.24, 2.45) is 0 Å². The van der Waals surface area contributed by atoms with Gasteiger partial charge in [-0.2, -0.15) is 0 Å².